The maximum absolute atomic E-state index is 7.66. The maximum Gasteiger partial charge on any atom is 0.135 e. The zero-order chi connectivity index (χ0) is 14.8. The Morgan fingerprint density at radius 2 is 1.95 bits per heavy atom. The maximum atomic E-state index is 7.66. The number of hydrogen-bond acceptors (Lipinski definition) is 3. The summed E-state index contributed by atoms with van der Waals surface area (Å²) in [5.74, 6) is 1.39. The number of fused-ring (bicyclic) bond motifs is 1. The molecule has 21 heavy (non-hydrogen) atoms. The Kier molecular flexibility index (Phi) is 3.36. The lowest BCUT2D eigenvalue weighted by atomic mass is 10.1. The van der Waals surface area contributed by atoms with Crippen molar-refractivity contribution in [1.29, 1.82) is 5.41 Å². The van der Waals surface area contributed by atoms with Crippen molar-refractivity contribution in [2.75, 3.05) is 0 Å². The molecule has 1 aromatic heterocycles. The molecule has 3 rings (SSSR count). The third kappa shape index (κ3) is 2.60. The highest BCUT2D eigenvalue weighted by molar-refractivity contribution is 6.08. The van der Waals surface area contributed by atoms with E-state index in [2.05, 4.69) is 0 Å². The molecule has 0 bridgehead atoms. The highest BCUT2D eigenvalue weighted by Crippen LogP contribution is 2.29. The highest BCUT2D eigenvalue weighted by Gasteiger charge is 2.14. The van der Waals surface area contributed by atoms with Crippen molar-refractivity contribution < 1.29 is 9.15 Å². The van der Waals surface area contributed by atoms with Crippen LogP contribution in [0.5, 0.6) is 5.75 Å². The van der Waals surface area contributed by atoms with Crippen LogP contribution in [0.2, 0.25) is 0 Å². The Morgan fingerprint density at radius 3 is 2.67 bits per heavy atom. The fraction of sp³-hybridized carbons (Fsp3) is 0.118. The van der Waals surface area contributed by atoms with Crippen molar-refractivity contribution in [3.05, 3.63) is 65.4 Å². The first kappa shape index (κ1) is 13.2. The van der Waals surface area contributed by atoms with Gasteiger partial charge in [-0.25, -0.2) is 0 Å². The average Bonchev–Trinajstić information content (AvgIpc) is 2.81. The van der Waals surface area contributed by atoms with Gasteiger partial charge in [0, 0.05) is 5.39 Å². The molecule has 0 aliphatic heterocycles. The Labute approximate surface area is 122 Å². The van der Waals surface area contributed by atoms with Crippen LogP contribution in [-0.2, 0) is 6.61 Å². The van der Waals surface area contributed by atoms with Gasteiger partial charge in [0.2, 0.25) is 0 Å². The van der Waals surface area contributed by atoms with E-state index >= 15 is 0 Å². The molecule has 1 heterocycles. The molecular weight excluding hydrogens is 264 g/mol. The first-order valence-corrected chi connectivity index (χ1v) is 6.69. The van der Waals surface area contributed by atoms with Crippen LogP contribution in [-0.4, -0.2) is 5.84 Å². The summed E-state index contributed by atoms with van der Waals surface area (Å²) in [7, 11) is 0. The number of aryl methyl sites for hydroxylation is 1. The SMILES string of the molecule is Cc1oc2ccc(OCc3ccccc3)cc2c1C(=N)N. The van der Waals surface area contributed by atoms with Crippen molar-refractivity contribution in [2.45, 2.75) is 13.5 Å². The van der Waals surface area contributed by atoms with E-state index in [9.17, 15) is 0 Å². The van der Waals surface area contributed by atoms with Crippen LogP contribution in [0.15, 0.2) is 52.9 Å². The van der Waals surface area contributed by atoms with Gasteiger partial charge in [0.1, 0.15) is 29.5 Å². The second kappa shape index (κ2) is 5.32. The predicted molar refractivity (Wildman–Crippen MR) is 82.7 cm³/mol. The summed E-state index contributed by atoms with van der Waals surface area (Å²) in [6, 6.07) is 15.5. The topological polar surface area (TPSA) is 72.2 Å². The fourth-order valence-electron chi connectivity index (χ4n) is 2.36. The average molecular weight is 280 g/mol. The number of amidine groups is 1. The van der Waals surface area contributed by atoms with Crippen molar-refractivity contribution >= 4 is 16.8 Å². The van der Waals surface area contributed by atoms with Crippen LogP contribution in [0.3, 0.4) is 0 Å². The van der Waals surface area contributed by atoms with E-state index in [0.717, 1.165) is 16.7 Å². The number of rotatable bonds is 4. The predicted octanol–water partition coefficient (Wildman–Crippen LogP) is 3.60. The standard InChI is InChI=1S/C17H16N2O2/c1-11-16(17(18)19)14-9-13(7-8-15(14)21-11)20-10-12-5-3-2-4-6-12/h2-9H,10H2,1H3,(H3,18,19). The number of ether oxygens (including phenoxy) is 1. The normalized spacial score (nSPS) is 10.7. The van der Waals surface area contributed by atoms with Gasteiger partial charge in [-0.05, 0) is 30.7 Å². The molecular formula is C17H16N2O2. The molecule has 0 aliphatic carbocycles. The minimum atomic E-state index is 0.00598. The van der Waals surface area contributed by atoms with Gasteiger partial charge < -0.3 is 14.9 Å². The first-order valence-electron chi connectivity index (χ1n) is 6.69. The molecule has 4 nitrogen and oxygen atoms in total. The van der Waals surface area contributed by atoms with E-state index in [1.807, 2.05) is 48.5 Å². The Bertz CT molecular complexity index is 791. The fourth-order valence-corrected chi connectivity index (χ4v) is 2.36. The third-order valence-electron chi connectivity index (χ3n) is 3.35. The zero-order valence-corrected chi connectivity index (χ0v) is 11.7. The van der Waals surface area contributed by atoms with E-state index in [1.54, 1.807) is 6.92 Å². The van der Waals surface area contributed by atoms with Gasteiger partial charge in [0.05, 0.1) is 5.56 Å². The Balaban J connectivity index is 1.90. The number of benzene rings is 2. The second-order valence-corrected chi connectivity index (χ2v) is 4.88. The molecule has 106 valence electrons. The number of furan rings is 1. The Morgan fingerprint density at radius 1 is 1.19 bits per heavy atom. The monoisotopic (exact) mass is 280 g/mol. The third-order valence-corrected chi connectivity index (χ3v) is 3.35. The lowest BCUT2D eigenvalue weighted by Crippen LogP contribution is -2.11. The molecule has 0 amide bonds. The zero-order valence-electron chi connectivity index (χ0n) is 11.7. The van der Waals surface area contributed by atoms with Crippen molar-refractivity contribution in [2.24, 2.45) is 5.73 Å². The van der Waals surface area contributed by atoms with Crippen molar-refractivity contribution in [3.63, 3.8) is 0 Å². The van der Waals surface area contributed by atoms with Crippen LogP contribution in [0.4, 0.5) is 0 Å². The minimum absolute atomic E-state index is 0.00598. The largest absolute Gasteiger partial charge is 0.489 e. The molecule has 0 aliphatic rings. The molecule has 0 unspecified atom stereocenters. The van der Waals surface area contributed by atoms with Crippen molar-refractivity contribution in [1.82, 2.24) is 0 Å². The molecule has 3 aromatic rings. The first-order chi connectivity index (χ1) is 10.1. The number of hydrogen-bond donors (Lipinski definition) is 2. The lowest BCUT2D eigenvalue weighted by molar-refractivity contribution is 0.306. The molecule has 0 radical (unpaired) electrons. The number of nitrogens with one attached hydrogen (secondary N) is 1. The van der Waals surface area contributed by atoms with E-state index in [4.69, 9.17) is 20.3 Å². The molecule has 0 fully saturated rings. The summed E-state index contributed by atoms with van der Waals surface area (Å²) in [5.41, 5.74) is 8.07. The Hall–Kier alpha value is -2.75. The summed E-state index contributed by atoms with van der Waals surface area (Å²) < 4.78 is 11.4. The van der Waals surface area contributed by atoms with Crippen LogP contribution >= 0.6 is 0 Å². The molecule has 0 spiro atoms. The van der Waals surface area contributed by atoms with Crippen LogP contribution in [0.1, 0.15) is 16.9 Å². The summed E-state index contributed by atoms with van der Waals surface area (Å²) >= 11 is 0. The van der Waals surface area contributed by atoms with Crippen molar-refractivity contribution in [3.8, 4) is 5.75 Å². The molecule has 4 heteroatoms. The minimum Gasteiger partial charge on any atom is -0.489 e. The highest BCUT2D eigenvalue weighted by atomic mass is 16.5. The summed E-state index contributed by atoms with van der Waals surface area (Å²) in [5, 5.41) is 8.47. The van der Waals surface area contributed by atoms with Crippen LogP contribution < -0.4 is 10.5 Å². The van der Waals surface area contributed by atoms with Gasteiger partial charge in [-0.1, -0.05) is 30.3 Å². The summed E-state index contributed by atoms with van der Waals surface area (Å²) in [4.78, 5) is 0. The van der Waals surface area contributed by atoms with E-state index in [1.165, 1.54) is 0 Å². The van der Waals surface area contributed by atoms with Gasteiger partial charge in [0.25, 0.3) is 0 Å². The smallest absolute Gasteiger partial charge is 0.135 e. The van der Waals surface area contributed by atoms with Crippen LogP contribution in [0, 0.1) is 12.3 Å². The molecule has 0 saturated heterocycles. The molecule has 3 N–H and O–H groups in total. The van der Waals surface area contributed by atoms with E-state index in [0.29, 0.717) is 23.5 Å². The van der Waals surface area contributed by atoms with Gasteiger partial charge >= 0.3 is 0 Å². The van der Waals surface area contributed by atoms with Gasteiger partial charge in [-0.15, -0.1) is 0 Å². The van der Waals surface area contributed by atoms with Gasteiger partial charge in [-0.3, -0.25) is 5.41 Å². The number of nitrogens with two attached hydrogens (primary N) is 1. The van der Waals surface area contributed by atoms with E-state index in [-0.39, 0.29) is 5.84 Å². The van der Waals surface area contributed by atoms with Gasteiger partial charge in [-0.2, -0.15) is 0 Å². The van der Waals surface area contributed by atoms with E-state index < -0.39 is 0 Å². The number of nitrogen functional groups attached to an aromatic ring is 1. The lowest BCUT2D eigenvalue weighted by Gasteiger charge is -2.06. The summed E-state index contributed by atoms with van der Waals surface area (Å²) in [6.07, 6.45) is 0. The molecule has 2 aromatic carbocycles. The molecule has 0 atom stereocenters. The summed E-state index contributed by atoms with van der Waals surface area (Å²) in [6.45, 7) is 2.31. The van der Waals surface area contributed by atoms with Gasteiger partial charge in [0.15, 0.2) is 0 Å². The molecule has 0 saturated carbocycles. The second-order valence-electron chi connectivity index (χ2n) is 4.88. The van der Waals surface area contributed by atoms with Crippen LogP contribution in [0.25, 0.3) is 11.0 Å². The quantitative estimate of drug-likeness (QED) is 0.566.